The monoisotopic (exact) mass is 260 g/mol. The lowest BCUT2D eigenvalue weighted by Crippen LogP contribution is -2.29. The topological polar surface area (TPSA) is 41.1 Å². The van der Waals surface area contributed by atoms with Crippen LogP contribution in [0.15, 0.2) is 12.4 Å². The molecule has 104 valence electrons. The molecule has 4 nitrogen and oxygen atoms in total. The van der Waals surface area contributed by atoms with Crippen LogP contribution in [0.5, 0.6) is 0 Å². The zero-order valence-electron chi connectivity index (χ0n) is 11.8. The predicted octanol–water partition coefficient (Wildman–Crippen LogP) is 2.92. The third-order valence-corrected chi connectivity index (χ3v) is 3.85. The minimum atomic E-state index is 0.896. The van der Waals surface area contributed by atoms with E-state index in [4.69, 9.17) is 4.98 Å². The van der Waals surface area contributed by atoms with Crippen LogP contribution in [-0.4, -0.2) is 29.6 Å². The second-order valence-electron chi connectivity index (χ2n) is 5.98. The van der Waals surface area contributed by atoms with Crippen molar-refractivity contribution in [2.75, 3.05) is 29.9 Å². The second-order valence-corrected chi connectivity index (χ2v) is 5.98. The van der Waals surface area contributed by atoms with E-state index in [1.807, 2.05) is 12.4 Å². The normalized spacial score (nSPS) is 18.4. The van der Waals surface area contributed by atoms with Crippen LogP contribution in [0.2, 0.25) is 0 Å². The highest BCUT2D eigenvalue weighted by atomic mass is 15.2. The van der Waals surface area contributed by atoms with E-state index in [0.29, 0.717) is 0 Å². The molecule has 0 bridgehead atoms. The lowest BCUT2D eigenvalue weighted by molar-refractivity contribution is 0.670. The van der Waals surface area contributed by atoms with Gasteiger partial charge in [0, 0.05) is 19.6 Å². The van der Waals surface area contributed by atoms with E-state index in [1.165, 1.54) is 38.8 Å². The molecule has 0 spiro atoms. The maximum Gasteiger partial charge on any atom is 0.149 e. The summed E-state index contributed by atoms with van der Waals surface area (Å²) in [5, 5.41) is 3.33. The van der Waals surface area contributed by atoms with Gasteiger partial charge in [0.05, 0.1) is 12.4 Å². The smallest absolute Gasteiger partial charge is 0.149 e. The fraction of sp³-hybridized carbons (Fsp3) is 0.733. The van der Waals surface area contributed by atoms with Gasteiger partial charge in [0.15, 0.2) is 0 Å². The summed E-state index contributed by atoms with van der Waals surface area (Å²) in [4.78, 5) is 11.5. The molecule has 0 atom stereocenters. The van der Waals surface area contributed by atoms with Gasteiger partial charge in [-0.25, -0.2) is 4.98 Å². The van der Waals surface area contributed by atoms with Crippen LogP contribution >= 0.6 is 0 Å². The Morgan fingerprint density at radius 2 is 1.84 bits per heavy atom. The molecule has 2 aliphatic carbocycles. The van der Waals surface area contributed by atoms with Gasteiger partial charge >= 0.3 is 0 Å². The van der Waals surface area contributed by atoms with E-state index in [0.717, 1.165) is 36.4 Å². The first-order valence-electron chi connectivity index (χ1n) is 7.66. The highest BCUT2D eigenvalue weighted by Crippen LogP contribution is 2.35. The summed E-state index contributed by atoms with van der Waals surface area (Å²) in [6.45, 7) is 5.46. The number of nitrogens with one attached hydrogen (secondary N) is 1. The molecule has 1 heterocycles. The SMILES string of the molecule is CCCNc1cncc(N(CC2CC2)CC2CC2)n1. The highest BCUT2D eigenvalue weighted by molar-refractivity contribution is 5.44. The Morgan fingerprint density at radius 3 is 2.42 bits per heavy atom. The fourth-order valence-electron chi connectivity index (χ4n) is 2.33. The molecule has 1 N–H and O–H groups in total. The summed E-state index contributed by atoms with van der Waals surface area (Å²) in [6.07, 6.45) is 10.4. The standard InChI is InChI=1S/C15H24N4/c1-2-7-17-14-8-16-9-15(18-14)19(10-12-3-4-12)11-13-5-6-13/h8-9,12-13H,2-7,10-11H2,1H3,(H,17,18). The van der Waals surface area contributed by atoms with Crippen LogP contribution in [0, 0.1) is 11.8 Å². The maximum absolute atomic E-state index is 4.72. The van der Waals surface area contributed by atoms with Crippen molar-refractivity contribution in [3.63, 3.8) is 0 Å². The molecule has 0 saturated heterocycles. The molecule has 0 aliphatic heterocycles. The Bertz CT molecular complexity index is 398. The van der Waals surface area contributed by atoms with E-state index in [2.05, 4.69) is 22.1 Å². The number of hydrogen-bond acceptors (Lipinski definition) is 4. The Hall–Kier alpha value is -1.32. The first-order valence-corrected chi connectivity index (χ1v) is 7.66. The van der Waals surface area contributed by atoms with Crippen LogP contribution in [0.4, 0.5) is 11.6 Å². The minimum absolute atomic E-state index is 0.896. The third kappa shape index (κ3) is 3.82. The Labute approximate surface area is 115 Å². The summed E-state index contributed by atoms with van der Waals surface area (Å²) in [5.74, 6) is 3.76. The zero-order valence-corrected chi connectivity index (χ0v) is 11.8. The van der Waals surface area contributed by atoms with Gasteiger partial charge in [0.2, 0.25) is 0 Å². The molecule has 3 rings (SSSR count). The van der Waals surface area contributed by atoms with Gasteiger partial charge in [-0.3, -0.25) is 4.98 Å². The first kappa shape index (κ1) is 12.7. The van der Waals surface area contributed by atoms with Gasteiger partial charge in [-0.2, -0.15) is 0 Å². The zero-order chi connectivity index (χ0) is 13.1. The molecule has 4 heteroatoms. The molecule has 0 unspecified atom stereocenters. The summed E-state index contributed by atoms with van der Waals surface area (Å²) in [7, 11) is 0. The number of aromatic nitrogens is 2. The van der Waals surface area contributed by atoms with Gasteiger partial charge in [-0.15, -0.1) is 0 Å². The highest BCUT2D eigenvalue weighted by Gasteiger charge is 2.30. The molecule has 1 aromatic rings. The molecule has 0 radical (unpaired) electrons. The number of rotatable bonds is 8. The number of hydrogen-bond donors (Lipinski definition) is 1. The second kappa shape index (κ2) is 5.76. The molecule has 1 aromatic heterocycles. The predicted molar refractivity (Wildman–Crippen MR) is 78.5 cm³/mol. The van der Waals surface area contributed by atoms with Crippen LogP contribution in [-0.2, 0) is 0 Å². The van der Waals surface area contributed by atoms with E-state index in [1.54, 1.807) is 0 Å². The minimum Gasteiger partial charge on any atom is -0.369 e. The van der Waals surface area contributed by atoms with E-state index in [-0.39, 0.29) is 0 Å². The molecule has 2 fully saturated rings. The van der Waals surface area contributed by atoms with Crippen molar-refractivity contribution in [1.29, 1.82) is 0 Å². The van der Waals surface area contributed by atoms with Crippen LogP contribution in [0.25, 0.3) is 0 Å². The summed E-state index contributed by atoms with van der Waals surface area (Å²) in [6, 6.07) is 0. The quantitative estimate of drug-likeness (QED) is 0.780. The molecule has 19 heavy (non-hydrogen) atoms. The number of nitrogens with zero attached hydrogens (tertiary/aromatic N) is 3. The average Bonchev–Trinajstić information content (AvgIpc) is 3.31. The van der Waals surface area contributed by atoms with E-state index < -0.39 is 0 Å². The Balaban J connectivity index is 1.67. The third-order valence-electron chi connectivity index (χ3n) is 3.85. The van der Waals surface area contributed by atoms with E-state index in [9.17, 15) is 0 Å². The van der Waals surface area contributed by atoms with Crippen molar-refractivity contribution in [3.8, 4) is 0 Å². The van der Waals surface area contributed by atoms with Crippen molar-refractivity contribution >= 4 is 11.6 Å². The van der Waals surface area contributed by atoms with Crippen LogP contribution in [0.1, 0.15) is 39.0 Å². The van der Waals surface area contributed by atoms with Gasteiger partial charge in [-0.05, 0) is 43.9 Å². The fourth-order valence-corrected chi connectivity index (χ4v) is 2.33. The lowest BCUT2D eigenvalue weighted by Gasteiger charge is -2.23. The van der Waals surface area contributed by atoms with Crippen molar-refractivity contribution in [2.45, 2.75) is 39.0 Å². The average molecular weight is 260 g/mol. The van der Waals surface area contributed by atoms with Crippen molar-refractivity contribution in [1.82, 2.24) is 9.97 Å². The van der Waals surface area contributed by atoms with E-state index >= 15 is 0 Å². The van der Waals surface area contributed by atoms with Crippen molar-refractivity contribution in [2.24, 2.45) is 11.8 Å². The number of anilines is 2. The molecular weight excluding hydrogens is 236 g/mol. The largest absolute Gasteiger partial charge is 0.369 e. The molecule has 0 aromatic carbocycles. The Morgan fingerprint density at radius 1 is 1.16 bits per heavy atom. The van der Waals surface area contributed by atoms with Crippen molar-refractivity contribution < 1.29 is 0 Å². The van der Waals surface area contributed by atoms with Crippen LogP contribution < -0.4 is 10.2 Å². The van der Waals surface area contributed by atoms with Gasteiger partial charge in [-0.1, -0.05) is 6.92 Å². The molecule has 2 saturated carbocycles. The lowest BCUT2D eigenvalue weighted by atomic mass is 10.3. The summed E-state index contributed by atoms with van der Waals surface area (Å²) >= 11 is 0. The van der Waals surface area contributed by atoms with Crippen molar-refractivity contribution in [3.05, 3.63) is 12.4 Å². The van der Waals surface area contributed by atoms with Gasteiger partial charge in [0.25, 0.3) is 0 Å². The molecule has 2 aliphatic rings. The summed E-state index contributed by atoms with van der Waals surface area (Å²) in [5.41, 5.74) is 0. The Kier molecular flexibility index (Phi) is 3.85. The molecular formula is C15H24N4. The van der Waals surface area contributed by atoms with Gasteiger partial charge in [0.1, 0.15) is 11.6 Å². The first-order chi connectivity index (χ1) is 9.35. The summed E-state index contributed by atoms with van der Waals surface area (Å²) < 4.78 is 0. The maximum atomic E-state index is 4.72. The van der Waals surface area contributed by atoms with Crippen LogP contribution in [0.3, 0.4) is 0 Å². The van der Waals surface area contributed by atoms with Gasteiger partial charge < -0.3 is 10.2 Å². The molecule has 0 amide bonds.